The molecule has 21 heavy (non-hydrogen) atoms. The summed E-state index contributed by atoms with van der Waals surface area (Å²) < 4.78 is 5.28. The van der Waals surface area contributed by atoms with Crippen LogP contribution < -0.4 is 56.7 Å². The molecule has 0 fully saturated rings. The molecule has 0 spiro atoms. The monoisotopic (exact) mass is 327 g/mol. The van der Waals surface area contributed by atoms with Crippen molar-refractivity contribution in [2.75, 3.05) is 26.4 Å². The van der Waals surface area contributed by atoms with Crippen molar-refractivity contribution < 1.29 is 66.0 Å². The van der Waals surface area contributed by atoms with Gasteiger partial charge in [0, 0.05) is 32.8 Å². The van der Waals surface area contributed by atoms with Crippen molar-refractivity contribution in [3.05, 3.63) is 7.43 Å². The van der Waals surface area contributed by atoms with Crippen LogP contribution in [0.25, 0.3) is 0 Å². The van der Waals surface area contributed by atoms with Crippen molar-refractivity contribution in [1.29, 1.82) is 0 Å². The predicted molar refractivity (Wildman–Crippen MR) is 84.6 cm³/mol. The standard InChI is InChI=1S/C15H31NO3.CH3.K/c1-2-3-4-5-6-7-10-15(18)16-11-8-13-19-14-9-12-17;;/h17H,2-14H2,1H3,(H,16,18);1H3;/q;-1;+1. The molecule has 1 amide bonds. The fraction of sp³-hybridized carbons (Fsp3) is 0.875. The van der Waals surface area contributed by atoms with Gasteiger partial charge in [0.05, 0.1) is 0 Å². The number of carbonyl (C=O) groups is 1. The van der Waals surface area contributed by atoms with Crippen LogP contribution >= 0.6 is 0 Å². The number of hydrogen-bond acceptors (Lipinski definition) is 3. The van der Waals surface area contributed by atoms with Crippen LogP contribution in [0.3, 0.4) is 0 Å². The Hall–Kier alpha value is 1.03. The van der Waals surface area contributed by atoms with E-state index in [4.69, 9.17) is 9.84 Å². The Kier molecular flexibility index (Phi) is 29.8. The van der Waals surface area contributed by atoms with Gasteiger partial charge >= 0.3 is 51.4 Å². The Labute approximate surface area is 174 Å². The van der Waals surface area contributed by atoms with Crippen molar-refractivity contribution in [2.45, 2.75) is 64.7 Å². The maximum Gasteiger partial charge on any atom is 1.00 e. The van der Waals surface area contributed by atoms with Gasteiger partial charge in [-0.15, -0.1) is 0 Å². The zero-order chi connectivity index (χ0) is 14.2. The number of ether oxygens (including phenoxy) is 1. The van der Waals surface area contributed by atoms with E-state index in [1.807, 2.05) is 0 Å². The normalized spacial score (nSPS) is 9.62. The topological polar surface area (TPSA) is 58.6 Å². The molecule has 0 rings (SSSR count). The molecule has 0 unspecified atom stereocenters. The summed E-state index contributed by atoms with van der Waals surface area (Å²) >= 11 is 0. The van der Waals surface area contributed by atoms with E-state index in [0.717, 1.165) is 19.3 Å². The summed E-state index contributed by atoms with van der Waals surface area (Å²) in [5, 5.41) is 11.5. The van der Waals surface area contributed by atoms with Gasteiger partial charge in [-0.1, -0.05) is 39.0 Å². The third-order valence-electron chi connectivity index (χ3n) is 2.99. The minimum atomic E-state index is 0. The molecule has 0 aromatic rings. The maximum atomic E-state index is 11.5. The number of hydrogen-bond donors (Lipinski definition) is 2. The van der Waals surface area contributed by atoms with Gasteiger partial charge in [-0.25, -0.2) is 0 Å². The Bertz CT molecular complexity index is 204. The molecule has 0 bridgehead atoms. The van der Waals surface area contributed by atoms with Crippen LogP contribution in [-0.4, -0.2) is 37.4 Å². The summed E-state index contributed by atoms with van der Waals surface area (Å²) in [5.41, 5.74) is 0. The molecule has 0 aromatic heterocycles. The van der Waals surface area contributed by atoms with Crippen molar-refractivity contribution in [3.8, 4) is 0 Å². The number of aliphatic hydroxyl groups is 1. The van der Waals surface area contributed by atoms with E-state index < -0.39 is 0 Å². The number of rotatable bonds is 14. The Morgan fingerprint density at radius 3 is 2.29 bits per heavy atom. The van der Waals surface area contributed by atoms with Crippen molar-refractivity contribution in [1.82, 2.24) is 5.32 Å². The van der Waals surface area contributed by atoms with Gasteiger partial charge in [-0.3, -0.25) is 4.79 Å². The minimum Gasteiger partial charge on any atom is -0.396 e. The molecular formula is C16H34KNO3. The maximum absolute atomic E-state index is 11.5. The number of amides is 1. The molecule has 0 saturated carbocycles. The minimum absolute atomic E-state index is 0. The molecule has 0 atom stereocenters. The third kappa shape index (κ3) is 23.4. The van der Waals surface area contributed by atoms with Crippen LogP contribution in [0.5, 0.6) is 0 Å². The summed E-state index contributed by atoms with van der Waals surface area (Å²) in [6.45, 7) is 4.32. The van der Waals surface area contributed by atoms with Gasteiger partial charge in [0.1, 0.15) is 0 Å². The van der Waals surface area contributed by atoms with Crippen LogP contribution in [0.1, 0.15) is 64.7 Å². The zero-order valence-electron chi connectivity index (χ0n) is 14.5. The van der Waals surface area contributed by atoms with Crippen molar-refractivity contribution >= 4 is 5.91 Å². The van der Waals surface area contributed by atoms with E-state index in [1.54, 1.807) is 0 Å². The van der Waals surface area contributed by atoms with Gasteiger partial charge in [0.2, 0.25) is 5.91 Å². The van der Waals surface area contributed by atoms with E-state index in [-0.39, 0.29) is 71.3 Å². The average Bonchev–Trinajstić information content (AvgIpc) is 2.41. The first-order chi connectivity index (χ1) is 9.31. The van der Waals surface area contributed by atoms with Gasteiger partial charge in [-0.2, -0.15) is 0 Å². The fourth-order valence-corrected chi connectivity index (χ4v) is 1.82. The van der Waals surface area contributed by atoms with E-state index >= 15 is 0 Å². The number of nitrogens with one attached hydrogen (secondary N) is 1. The SMILES string of the molecule is CCCCCCCCC(=O)NCCCOCCCO.[CH3-].[K+]. The molecule has 0 aliphatic rings. The molecule has 2 N–H and O–H groups in total. The Morgan fingerprint density at radius 2 is 1.62 bits per heavy atom. The second-order valence-corrected chi connectivity index (χ2v) is 4.91. The van der Waals surface area contributed by atoms with Crippen LogP contribution in [0.15, 0.2) is 0 Å². The second-order valence-electron chi connectivity index (χ2n) is 4.91. The van der Waals surface area contributed by atoms with E-state index in [1.165, 1.54) is 25.7 Å². The van der Waals surface area contributed by atoms with Crippen LogP contribution in [0.4, 0.5) is 0 Å². The van der Waals surface area contributed by atoms with Crippen LogP contribution in [0, 0.1) is 7.43 Å². The largest absolute Gasteiger partial charge is 1.00 e. The molecule has 0 aliphatic heterocycles. The molecule has 5 heteroatoms. The molecular weight excluding hydrogens is 293 g/mol. The molecule has 0 heterocycles. The van der Waals surface area contributed by atoms with Crippen molar-refractivity contribution in [3.63, 3.8) is 0 Å². The van der Waals surface area contributed by atoms with E-state index in [9.17, 15) is 4.79 Å². The van der Waals surface area contributed by atoms with Crippen molar-refractivity contribution in [2.24, 2.45) is 0 Å². The quantitative estimate of drug-likeness (QED) is 0.270. The van der Waals surface area contributed by atoms with E-state index in [2.05, 4.69) is 12.2 Å². The Morgan fingerprint density at radius 1 is 1.00 bits per heavy atom. The first-order valence-corrected chi connectivity index (χ1v) is 7.76. The van der Waals surface area contributed by atoms with Gasteiger partial charge in [-0.05, 0) is 19.3 Å². The fourth-order valence-electron chi connectivity index (χ4n) is 1.82. The summed E-state index contributed by atoms with van der Waals surface area (Å²) in [7, 11) is 0. The predicted octanol–water partition coefficient (Wildman–Crippen LogP) is 0.0966. The first-order valence-electron chi connectivity index (χ1n) is 7.76. The molecule has 4 nitrogen and oxygen atoms in total. The van der Waals surface area contributed by atoms with Gasteiger partial charge in [0.15, 0.2) is 0 Å². The second kappa shape index (κ2) is 23.3. The number of unbranched alkanes of at least 4 members (excludes halogenated alkanes) is 5. The molecule has 0 aliphatic carbocycles. The van der Waals surface area contributed by atoms with Gasteiger partial charge in [0.25, 0.3) is 0 Å². The smallest absolute Gasteiger partial charge is 0.396 e. The zero-order valence-corrected chi connectivity index (χ0v) is 17.6. The number of carbonyl (C=O) groups excluding carboxylic acids is 1. The summed E-state index contributed by atoms with van der Waals surface area (Å²) in [6.07, 6.45) is 9.46. The third-order valence-corrected chi connectivity index (χ3v) is 2.99. The summed E-state index contributed by atoms with van der Waals surface area (Å²) in [6, 6.07) is 0. The molecule has 0 radical (unpaired) electrons. The molecule has 0 aromatic carbocycles. The van der Waals surface area contributed by atoms with Gasteiger partial charge < -0.3 is 22.6 Å². The average molecular weight is 328 g/mol. The summed E-state index contributed by atoms with van der Waals surface area (Å²) in [5.74, 6) is 0.158. The molecule has 0 saturated heterocycles. The molecule has 122 valence electrons. The number of aliphatic hydroxyl groups excluding tert-OH is 1. The van der Waals surface area contributed by atoms with Crippen LogP contribution in [0.2, 0.25) is 0 Å². The summed E-state index contributed by atoms with van der Waals surface area (Å²) in [4.78, 5) is 11.5. The van der Waals surface area contributed by atoms with Crippen LogP contribution in [-0.2, 0) is 9.53 Å². The first kappa shape index (κ1) is 26.9. The Balaban J connectivity index is -0.00000162. The van der Waals surface area contributed by atoms with E-state index in [0.29, 0.717) is 32.6 Å².